The number of Topliss-reactive ketones (excluding diaryl/α,β-unsaturated/α-hetero) is 1. The van der Waals surface area contributed by atoms with Gasteiger partial charge in [-0.3, -0.25) is 29.0 Å². The fourth-order valence-corrected chi connectivity index (χ4v) is 11.2. The van der Waals surface area contributed by atoms with Crippen LogP contribution in [-0.4, -0.2) is 133 Å². The second kappa shape index (κ2) is 29.3. The number of esters is 1. The molecule has 434 valence electrons. The van der Waals surface area contributed by atoms with E-state index in [0.717, 1.165) is 18.4 Å². The predicted molar refractivity (Wildman–Crippen MR) is 295 cm³/mol. The Hall–Kier alpha value is -5.24. The van der Waals surface area contributed by atoms with E-state index in [4.69, 9.17) is 9.47 Å². The third kappa shape index (κ3) is 17.1. The van der Waals surface area contributed by atoms with Crippen molar-refractivity contribution in [3.63, 3.8) is 0 Å². The van der Waals surface area contributed by atoms with Crippen LogP contribution in [0.2, 0.25) is 0 Å². The van der Waals surface area contributed by atoms with Gasteiger partial charge in [0.1, 0.15) is 35.8 Å². The van der Waals surface area contributed by atoms with Gasteiger partial charge in [-0.25, -0.2) is 5.43 Å². The Balaban J connectivity index is 1.34. The molecule has 18 nitrogen and oxygen atoms in total. The number of allylic oxidation sites excluding steroid dienone is 2. The largest absolute Gasteiger partial charge is 0.508 e. The SMILES string of the molecule is CC[C@H]1C[C@H](C)[C@@]2(NC1=O)O[C@@H](C[C@H](O)[C@@H](C)CCC(O)CC=C(C)[C@@H]1CC=CC=C[C@H](O)[C@H](C)[C@@H](O)[C@@H](CCC(C)=O)C(=O)N[C@@H](C(C)C)C(=O)N[C@@H](Cc3cccc(O)c3)C(=O)N3CCCC(N3)C(=O)O1)[C@H](C)C=C2C. The highest BCUT2D eigenvalue weighted by atomic mass is 16.5. The number of ketones is 1. The maximum Gasteiger partial charge on any atom is 0.325 e. The van der Waals surface area contributed by atoms with E-state index >= 15 is 0 Å². The first-order valence-electron chi connectivity index (χ1n) is 28.4. The number of aromatic hydroxyl groups is 1. The van der Waals surface area contributed by atoms with Gasteiger partial charge in [-0.15, -0.1) is 0 Å². The summed E-state index contributed by atoms with van der Waals surface area (Å²) in [6.07, 6.45) is 8.76. The average molecular weight is 1090 g/mol. The van der Waals surface area contributed by atoms with E-state index in [1.165, 1.54) is 30.1 Å². The molecular formula is C60H91N5O13. The van der Waals surface area contributed by atoms with Crippen LogP contribution in [0, 0.1) is 41.4 Å². The average Bonchev–Trinajstić information content (AvgIpc) is 3.50. The zero-order valence-corrected chi connectivity index (χ0v) is 47.7. The summed E-state index contributed by atoms with van der Waals surface area (Å²) in [5.41, 5.74) is 4.27. The number of cyclic esters (lactones) is 1. The molecule has 4 amide bonds. The number of hydrazine groups is 1. The molecule has 4 heterocycles. The predicted octanol–water partition coefficient (Wildman–Crippen LogP) is 5.55. The van der Waals surface area contributed by atoms with Crippen LogP contribution in [0.3, 0.4) is 0 Å². The van der Waals surface area contributed by atoms with Gasteiger partial charge in [0.15, 0.2) is 5.72 Å². The number of phenolic OH excluding ortho intramolecular Hbond substituents is 1. The molecule has 5 rings (SSSR count). The summed E-state index contributed by atoms with van der Waals surface area (Å²) in [5, 5.41) is 66.0. The van der Waals surface area contributed by atoms with Crippen LogP contribution in [0.4, 0.5) is 0 Å². The highest BCUT2D eigenvalue weighted by molar-refractivity contribution is 5.93. The number of carbonyl (C=O) groups is 6. The number of amides is 4. The van der Waals surface area contributed by atoms with Crippen molar-refractivity contribution in [1.82, 2.24) is 26.4 Å². The summed E-state index contributed by atoms with van der Waals surface area (Å²) in [7, 11) is 0. The molecule has 18 heteroatoms. The lowest BCUT2D eigenvalue weighted by Gasteiger charge is -2.51. The minimum Gasteiger partial charge on any atom is -0.508 e. The molecule has 0 aromatic heterocycles. The van der Waals surface area contributed by atoms with Gasteiger partial charge < -0.3 is 55.8 Å². The first kappa shape index (κ1) is 63.6. The Morgan fingerprint density at radius 2 is 1.71 bits per heavy atom. The number of nitrogens with one attached hydrogen (secondary N) is 4. The van der Waals surface area contributed by atoms with Crippen LogP contribution in [0.15, 0.2) is 71.9 Å². The van der Waals surface area contributed by atoms with Crippen molar-refractivity contribution in [2.24, 2.45) is 41.4 Å². The zero-order valence-electron chi connectivity index (χ0n) is 47.7. The summed E-state index contributed by atoms with van der Waals surface area (Å²) in [5.74, 6) is -5.69. The van der Waals surface area contributed by atoms with Gasteiger partial charge in [-0.05, 0) is 113 Å². The Labute approximate surface area is 461 Å². The van der Waals surface area contributed by atoms with Crippen molar-refractivity contribution in [2.75, 3.05) is 6.54 Å². The monoisotopic (exact) mass is 1090 g/mol. The first-order chi connectivity index (χ1) is 36.8. The van der Waals surface area contributed by atoms with E-state index in [0.29, 0.717) is 43.2 Å². The number of aliphatic hydroxyl groups excluding tert-OH is 4. The van der Waals surface area contributed by atoms with Gasteiger partial charge in [0.25, 0.3) is 5.91 Å². The second-order valence-electron chi connectivity index (χ2n) is 23.2. The Morgan fingerprint density at radius 3 is 2.38 bits per heavy atom. The molecule has 1 aromatic carbocycles. The van der Waals surface area contributed by atoms with Gasteiger partial charge in [0.05, 0.1) is 36.4 Å². The second-order valence-corrected chi connectivity index (χ2v) is 23.2. The number of fused-ring (bicyclic) bond motifs is 2. The highest BCUT2D eigenvalue weighted by Crippen LogP contribution is 2.43. The molecule has 2 bridgehead atoms. The number of aliphatic hydroxyl groups is 4. The summed E-state index contributed by atoms with van der Waals surface area (Å²) in [6, 6.07) is 2.84. The first-order valence-corrected chi connectivity index (χ1v) is 28.4. The third-order valence-corrected chi connectivity index (χ3v) is 16.6. The molecule has 78 heavy (non-hydrogen) atoms. The van der Waals surface area contributed by atoms with Crippen LogP contribution >= 0.6 is 0 Å². The molecule has 2 fully saturated rings. The molecule has 9 N–H and O–H groups in total. The molecule has 1 spiro atoms. The van der Waals surface area contributed by atoms with Crippen molar-refractivity contribution >= 4 is 35.4 Å². The number of phenols is 1. The normalized spacial score (nSPS) is 32.4. The van der Waals surface area contributed by atoms with Crippen molar-refractivity contribution in [3.8, 4) is 5.75 Å². The number of rotatable bonds is 16. The van der Waals surface area contributed by atoms with E-state index in [9.17, 15) is 54.3 Å². The number of benzene rings is 1. The topological polar surface area (TPSA) is 273 Å². The van der Waals surface area contributed by atoms with Crippen molar-refractivity contribution in [2.45, 2.75) is 207 Å². The zero-order chi connectivity index (χ0) is 57.6. The molecular weight excluding hydrogens is 999 g/mol. The van der Waals surface area contributed by atoms with Crippen molar-refractivity contribution < 1.29 is 63.8 Å². The van der Waals surface area contributed by atoms with E-state index < -0.39 is 95.8 Å². The standard InChI is InChI=1S/C60H91N5O13/c1-11-43-30-39(8)60(63-55(43)72)38(7)29-37(6)52(78-60)33-50(70)35(4)22-25-44(67)26-23-36(5)51-21-14-12-13-20-49(69)41(10)54(71)46(27-24-40(9)66)56(73)62-53(34(2)3)57(74)61-48(32-42-17-15-18-45(68)31-42)58(75)65-28-16-19-47(64-65)59(76)77-51/h12-15,17-18,20,23,29,31,34-35,37,39,41,43-44,46-54,64,67-71H,11,16,19,21-22,24-28,30,32-33H2,1-10H3,(H,61,74)(H,62,73)(H,63,72)/t35-,37+,39-,41-,43-,44?,46+,47?,48-,49-,50-,51-,52-,53-,54+,60-/m0/s1. The minimum absolute atomic E-state index is 0.0128. The summed E-state index contributed by atoms with van der Waals surface area (Å²) >= 11 is 0. The summed E-state index contributed by atoms with van der Waals surface area (Å²) in [6.45, 7) is 18.5. The number of hydrogen-bond acceptors (Lipinski definition) is 14. The molecule has 4 aliphatic heterocycles. The highest BCUT2D eigenvalue weighted by Gasteiger charge is 2.51. The maximum absolute atomic E-state index is 14.5. The van der Waals surface area contributed by atoms with E-state index in [1.54, 1.807) is 58.1 Å². The van der Waals surface area contributed by atoms with Crippen molar-refractivity contribution in [1.29, 1.82) is 0 Å². The number of nitrogens with zero attached hydrogens (tertiary/aromatic N) is 1. The van der Waals surface area contributed by atoms with Gasteiger partial charge in [-0.1, -0.05) is 97.1 Å². The van der Waals surface area contributed by atoms with Crippen LogP contribution in [-0.2, 0) is 44.7 Å². The van der Waals surface area contributed by atoms with Gasteiger partial charge in [-0.2, -0.15) is 0 Å². The van der Waals surface area contributed by atoms with E-state index in [-0.39, 0.29) is 85.9 Å². The summed E-state index contributed by atoms with van der Waals surface area (Å²) in [4.78, 5) is 82.2. The molecule has 16 atom stereocenters. The van der Waals surface area contributed by atoms with Gasteiger partial charge in [0.2, 0.25) is 17.7 Å². The molecule has 2 unspecified atom stereocenters. The Bertz CT molecular complexity index is 2350. The Kier molecular flexibility index (Phi) is 23.9. The van der Waals surface area contributed by atoms with Crippen LogP contribution in [0.5, 0.6) is 5.75 Å². The van der Waals surface area contributed by atoms with Crippen LogP contribution in [0.25, 0.3) is 0 Å². The van der Waals surface area contributed by atoms with Crippen LogP contribution < -0.4 is 21.4 Å². The lowest BCUT2D eigenvalue weighted by Crippen LogP contribution is -2.64. The Morgan fingerprint density at radius 1 is 0.974 bits per heavy atom. The lowest BCUT2D eigenvalue weighted by atomic mass is 9.75. The maximum atomic E-state index is 14.5. The van der Waals surface area contributed by atoms with Gasteiger partial charge in [0, 0.05) is 55.9 Å². The van der Waals surface area contributed by atoms with E-state index in [2.05, 4.69) is 41.3 Å². The smallest absolute Gasteiger partial charge is 0.325 e. The van der Waals surface area contributed by atoms with Crippen LogP contribution in [0.1, 0.15) is 145 Å². The molecule has 0 aliphatic carbocycles. The molecule has 1 aromatic rings. The molecule has 4 aliphatic rings. The molecule has 0 saturated carbocycles. The van der Waals surface area contributed by atoms with Crippen molar-refractivity contribution in [3.05, 3.63) is 77.4 Å². The molecule has 0 radical (unpaired) electrons. The van der Waals surface area contributed by atoms with Gasteiger partial charge >= 0.3 is 5.97 Å². The number of carbonyl (C=O) groups excluding carboxylic acids is 6. The minimum atomic E-state index is -1.44. The fourth-order valence-electron chi connectivity index (χ4n) is 11.2. The van der Waals surface area contributed by atoms with E-state index in [1.807, 2.05) is 26.8 Å². The number of hydrogen-bond donors (Lipinski definition) is 9. The quantitative estimate of drug-likeness (QED) is 0.0726. The number of piperidine rings is 1. The lowest BCUT2D eigenvalue weighted by molar-refractivity contribution is -0.179. The molecule has 2 saturated heterocycles. The third-order valence-electron chi connectivity index (χ3n) is 16.6. The summed E-state index contributed by atoms with van der Waals surface area (Å²) < 4.78 is 12.9. The number of ether oxygens (including phenoxy) is 2. The fraction of sp³-hybridized carbons (Fsp3) is 0.667.